The van der Waals surface area contributed by atoms with Crippen molar-refractivity contribution in [2.24, 2.45) is 0 Å². The van der Waals surface area contributed by atoms with Crippen LogP contribution >= 0.6 is 0 Å². The van der Waals surface area contributed by atoms with Crippen molar-refractivity contribution < 1.29 is 4.79 Å². The Morgan fingerprint density at radius 3 is 2.88 bits per heavy atom. The van der Waals surface area contributed by atoms with E-state index in [1.54, 1.807) is 6.33 Å². The Morgan fingerprint density at radius 1 is 1.20 bits per heavy atom. The van der Waals surface area contributed by atoms with Gasteiger partial charge in [-0.25, -0.2) is 4.98 Å². The quantitative estimate of drug-likeness (QED) is 0.766. The molecule has 1 amide bonds. The van der Waals surface area contributed by atoms with Gasteiger partial charge in [-0.15, -0.1) is 10.2 Å². The molecule has 0 aliphatic carbocycles. The van der Waals surface area contributed by atoms with Crippen LogP contribution in [0.15, 0.2) is 42.7 Å². The molecule has 1 aliphatic heterocycles. The summed E-state index contributed by atoms with van der Waals surface area (Å²) in [6.45, 7) is 4.70. The van der Waals surface area contributed by atoms with Crippen LogP contribution in [0.3, 0.4) is 0 Å². The number of anilines is 2. The molecule has 3 heterocycles. The number of hydrogen-bond donors (Lipinski definition) is 2. The van der Waals surface area contributed by atoms with E-state index in [0.29, 0.717) is 17.9 Å². The molecule has 0 unspecified atom stereocenters. The number of nitrogens with zero attached hydrogens (tertiary/aromatic N) is 4. The van der Waals surface area contributed by atoms with Gasteiger partial charge < -0.3 is 15.2 Å². The van der Waals surface area contributed by atoms with Gasteiger partial charge in [-0.1, -0.05) is 18.2 Å². The van der Waals surface area contributed by atoms with Crippen LogP contribution in [0.25, 0.3) is 11.5 Å². The molecule has 7 heteroatoms. The fourth-order valence-electron chi connectivity index (χ4n) is 2.95. The van der Waals surface area contributed by atoms with Gasteiger partial charge in [-0.05, 0) is 37.6 Å². The van der Waals surface area contributed by atoms with Crippen LogP contribution in [0, 0.1) is 0 Å². The lowest BCUT2D eigenvalue weighted by Gasteiger charge is -2.12. The Balaban J connectivity index is 1.69. The predicted octanol–water partition coefficient (Wildman–Crippen LogP) is 2.91. The molecule has 0 atom stereocenters. The normalized spacial score (nSPS) is 13.0. The smallest absolute Gasteiger partial charge is 0.254 e. The lowest BCUT2D eigenvalue weighted by molar-refractivity contribution is 0.0966. The Labute approximate surface area is 145 Å². The molecule has 2 N–H and O–H groups in total. The van der Waals surface area contributed by atoms with Crippen molar-refractivity contribution in [2.75, 3.05) is 5.32 Å². The molecule has 126 valence electrons. The van der Waals surface area contributed by atoms with E-state index in [-0.39, 0.29) is 11.9 Å². The first-order valence-corrected chi connectivity index (χ1v) is 8.17. The minimum absolute atomic E-state index is 0.0613. The zero-order chi connectivity index (χ0) is 17.4. The summed E-state index contributed by atoms with van der Waals surface area (Å²) >= 11 is 0. The summed E-state index contributed by atoms with van der Waals surface area (Å²) in [6.07, 6.45) is 1.70. The number of rotatable bonds is 4. The molecule has 0 bridgehead atoms. The van der Waals surface area contributed by atoms with Crippen LogP contribution in [-0.2, 0) is 6.54 Å². The summed E-state index contributed by atoms with van der Waals surface area (Å²) in [7, 11) is 0. The van der Waals surface area contributed by atoms with Crippen molar-refractivity contribution in [3.05, 3.63) is 53.9 Å². The number of carbonyl (C=O) groups is 1. The molecule has 2 aromatic heterocycles. The number of amides is 1. The number of carbonyl (C=O) groups excluding carboxylic acids is 1. The van der Waals surface area contributed by atoms with Gasteiger partial charge in [0.15, 0.2) is 5.82 Å². The number of nitrogens with one attached hydrogen (secondary N) is 2. The van der Waals surface area contributed by atoms with E-state index in [9.17, 15) is 4.79 Å². The van der Waals surface area contributed by atoms with Gasteiger partial charge in [0.25, 0.3) is 5.91 Å². The third-order valence-corrected chi connectivity index (χ3v) is 4.19. The highest BCUT2D eigenvalue weighted by Crippen LogP contribution is 2.27. The van der Waals surface area contributed by atoms with Gasteiger partial charge in [0.05, 0.1) is 11.3 Å². The Hall–Kier alpha value is -3.22. The van der Waals surface area contributed by atoms with Gasteiger partial charge in [-0.2, -0.15) is 0 Å². The molecule has 0 spiro atoms. The van der Waals surface area contributed by atoms with Gasteiger partial charge >= 0.3 is 0 Å². The van der Waals surface area contributed by atoms with Crippen molar-refractivity contribution in [3.8, 4) is 11.5 Å². The van der Waals surface area contributed by atoms with Gasteiger partial charge in [-0.3, -0.25) is 4.79 Å². The lowest BCUT2D eigenvalue weighted by atomic mass is 10.1. The summed E-state index contributed by atoms with van der Waals surface area (Å²) in [5.41, 5.74) is 3.15. The minimum atomic E-state index is -0.0613. The maximum absolute atomic E-state index is 12.1. The van der Waals surface area contributed by atoms with E-state index in [2.05, 4.69) is 39.7 Å². The average Bonchev–Trinajstić information content (AvgIpc) is 3.23. The predicted molar refractivity (Wildman–Crippen MR) is 94.5 cm³/mol. The van der Waals surface area contributed by atoms with Crippen molar-refractivity contribution in [1.29, 1.82) is 0 Å². The Kier molecular flexibility index (Phi) is 3.68. The van der Waals surface area contributed by atoms with E-state index >= 15 is 0 Å². The maximum Gasteiger partial charge on any atom is 0.254 e. The van der Waals surface area contributed by atoms with Gasteiger partial charge in [0, 0.05) is 12.6 Å². The van der Waals surface area contributed by atoms with Crippen LogP contribution in [-0.4, -0.2) is 25.7 Å². The first kappa shape index (κ1) is 15.3. The standard InChI is InChI=1S/C18H18N6O/c1-11(2)24-10-20-23-17(24)14-7-4-8-15(22-14)21-13-6-3-5-12-9-19-18(25)16(12)13/h3-8,10-11H,9H2,1-2H3,(H,19,25)(H,21,22). The largest absolute Gasteiger partial charge is 0.348 e. The fraction of sp³-hybridized carbons (Fsp3) is 0.222. The minimum Gasteiger partial charge on any atom is -0.348 e. The molecule has 1 aliphatic rings. The highest BCUT2D eigenvalue weighted by atomic mass is 16.1. The molecule has 0 saturated heterocycles. The molecule has 0 fully saturated rings. The van der Waals surface area contributed by atoms with Crippen LogP contribution in [0.2, 0.25) is 0 Å². The first-order chi connectivity index (χ1) is 12.1. The molecular formula is C18H18N6O. The van der Waals surface area contributed by atoms with Crippen molar-refractivity contribution in [1.82, 2.24) is 25.1 Å². The molecule has 0 radical (unpaired) electrons. The van der Waals surface area contributed by atoms with Crippen molar-refractivity contribution in [3.63, 3.8) is 0 Å². The Bertz CT molecular complexity index is 946. The summed E-state index contributed by atoms with van der Waals surface area (Å²) in [5, 5.41) is 14.3. The molecule has 4 rings (SSSR count). The van der Waals surface area contributed by atoms with Crippen LogP contribution in [0.4, 0.5) is 11.5 Å². The SMILES string of the molecule is CC(C)n1cnnc1-c1cccc(Nc2cccc3c2C(=O)NC3)n1. The highest BCUT2D eigenvalue weighted by molar-refractivity contribution is 6.04. The summed E-state index contributed by atoms with van der Waals surface area (Å²) in [6, 6.07) is 11.7. The van der Waals surface area contributed by atoms with Gasteiger partial charge in [0.2, 0.25) is 0 Å². The van der Waals surface area contributed by atoms with Crippen LogP contribution < -0.4 is 10.6 Å². The van der Waals surface area contributed by atoms with E-state index in [0.717, 1.165) is 22.8 Å². The number of fused-ring (bicyclic) bond motifs is 1. The first-order valence-electron chi connectivity index (χ1n) is 8.17. The van der Waals surface area contributed by atoms with Crippen LogP contribution in [0.1, 0.15) is 35.8 Å². The lowest BCUT2D eigenvalue weighted by Crippen LogP contribution is -2.13. The summed E-state index contributed by atoms with van der Waals surface area (Å²) in [4.78, 5) is 16.7. The van der Waals surface area contributed by atoms with Crippen molar-refractivity contribution in [2.45, 2.75) is 26.4 Å². The molecule has 0 saturated carbocycles. The second-order valence-corrected chi connectivity index (χ2v) is 6.21. The molecule has 3 aromatic rings. The third-order valence-electron chi connectivity index (χ3n) is 4.19. The van der Waals surface area contributed by atoms with E-state index in [1.165, 1.54) is 0 Å². The average molecular weight is 334 g/mol. The van der Waals surface area contributed by atoms with Crippen molar-refractivity contribution >= 4 is 17.4 Å². The second kappa shape index (κ2) is 6.01. The number of benzene rings is 1. The third kappa shape index (κ3) is 2.73. The van der Waals surface area contributed by atoms with Crippen LogP contribution in [0.5, 0.6) is 0 Å². The Morgan fingerprint density at radius 2 is 2.04 bits per heavy atom. The van der Waals surface area contributed by atoms with Gasteiger partial charge in [0.1, 0.15) is 17.8 Å². The fourth-order valence-corrected chi connectivity index (χ4v) is 2.95. The topological polar surface area (TPSA) is 84.7 Å². The van der Waals surface area contributed by atoms with E-state index in [1.807, 2.05) is 41.0 Å². The zero-order valence-corrected chi connectivity index (χ0v) is 14.0. The number of aromatic nitrogens is 4. The monoisotopic (exact) mass is 334 g/mol. The maximum atomic E-state index is 12.1. The van der Waals surface area contributed by atoms with E-state index in [4.69, 9.17) is 0 Å². The summed E-state index contributed by atoms with van der Waals surface area (Å²) < 4.78 is 1.97. The van der Waals surface area contributed by atoms with E-state index < -0.39 is 0 Å². The highest BCUT2D eigenvalue weighted by Gasteiger charge is 2.22. The molecular weight excluding hydrogens is 316 g/mol. The molecule has 7 nitrogen and oxygen atoms in total. The zero-order valence-electron chi connectivity index (χ0n) is 14.0. The molecule has 25 heavy (non-hydrogen) atoms. The number of pyridine rings is 1. The molecule has 1 aromatic carbocycles. The summed E-state index contributed by atoms with van der Waals surface area (Å²) in [5.74, 6) is 1.31. The number of hydrogen-bond acceptors (Lipinski definition) is 5. The second-order valence-electron chi connectivity index (χ2n) is 6.21.